The zero-order chi connectivity index (χ0) is 13.3. The second-order valence-electron chi connectivity index (χ2n) is 5.68. The van der Waals surface area contributed by atoms with E-state index in [0.29, 0.717) is 0 Å². The van der Waals surface area contributed by atoms with Crippen LogP contribution in [-0.4, -0.2) is 11.4 Å². The van der Waals surface area contributed by atoms with E-state index in [4.69, 9.17) is 0 Å². The van der Waals surface area contributed by atoms with Gasteiger partial charge in [-0.05, 0) is 44.0 Å². The summed E-state index contributed by atoms with van der Waals surface area (Å²) in [6.07, 6.45) is 0. The highest BCUT2D eigenvalue weighted by Gasteiger charge is 2.18. The predicted octanol–water partition coefficient (Wildman–Crippen LogP) is 3.68. The van der Waals surface area contributed by atoms with Crippen LogP contribution in [0.25, 0.3) is 10.8 Å². The molecule has 0 heterocycles. The molecule has 0 saturated heterocycles. The summed E-state index contributed by atoms with van der Waals surface area (Å²) >= 11 is 0. The molecule has 0 atom stereocenters. The van der Waals surface area contributed by atoms with Crippen LogP contribution in [-0.2, 0) is 0 Å². The molecule has 2 heteroatoms. The molecule has 0 radical (unpaired) electrons. The van der Waals surface area contributed by atoms with Gasteiger partial charge in [-0.2, -0.15) is 0 Å². The first-order valence-corrected chi connectivity index (χ1v) is 6.19. The second-order valence-corrected chi connectivity index (χ2v) is 5.68. The molecule has 18 heavy (non-hydrogen) atoms. The standard InChI is InChI=1S/C16H19NO/c1-11-9-10-12-7-5-6-8-13(12)14(11)15(18)17-16(2,3)4/h5-10H,1-4H3,(H,17,18). The van der Waals surface area contributed by atoms with Gasteiger partial charge >= 0.3 is 0 Å². The van der Waals surface area contributed by atoms with E-state index in [1.165, 1.54) is 0 Å². The van der Waals surface area contributed by atoms with Crippen molar-refractivity contribution in [1.82, 2.24) is 5.32 Å². The fraction of sp³-hybridized carbons (Fsp3) is 0.312. The number of hydrogen-bond acceptors (Lipinski definition) is 1. The Kier molecular flexibility index (Phi) is 3.12. The lowest BCUT2D eigenvalue weighted by atomic mass is 9.98. The van der Waals surface area contributed by atoms with Gasteiger partial charge in [0.15, 0.2) is 0 Å². The van der Waals surface area contributed by atoms with E-state index in [1.54, 1.807) is 0 Å². The molecule has 0 spiro atoms. The van der Waals surface area contributed by atoms with E-state index in [9.17, 15) is 4.79 Å². The molecule has 1 amide bonds. The van der Waals surface area contributed by atoms with Gasteiger partial charge in [0, 0.05) is 5.54 Å². The molecule has 0 aromatic heterocycles. The second kappa shape index (κ2) is 4.45. The molecular formula is C16H19NO. The number of carbonyl (C=O) groups excluding carboxylic acids is 1. The van der Waals surface area contributed by atoms with Crippen LogP contribution in [0, 0.1) is 6.92 Å². The molecular weight excluding hydrogens is 222 g/mol. The van der Waals surface area contributed by atoms with Crippen molar-refractivity contribution in [1.29, 1.82) is 0 Å². The van der Waals surface area contributed by atoms with Gasteiger partial charge in [-0.3, -0.25) is 4.79 Å². The summed E-state index contributed by atoms with van der Waals surface area (Å²) < 4.78 is 0. The summed E-state index contributed by atoms with van der Waals surface area (Å²) in [6.45, 7) is 7.95. The Morgan fingerprint density at radius 1 is 1.06 bits per heavy atom. The lowest BCUT2D eigenvalue weighted by Crippen LogP contribution is -2.40. The summed E-state index contributed by atoms with van der Waals surface area (Å²) in [7, 11) is 0. The summed E-state index contributed by atoms with van der Waals surface area (Å²) in [6, 6.07) is 12.0. The Labute approximate surface area is 108 Å². The van der Waals surface area contributed by atoms with Crippen molar-refractivity contribution in [3.63, 3.8) is 0 Å². The summed E-state index contributed by atoms with van der Waals surface area (Å²) in [4.78, 5) is 12.4. The first-order chi connectivity index (χ1) is 8.38. The van der Waals surface area contributed by atoms with Gasteiger partial charge in [0.2, 0.25) is 0 Å². The van der Waals surface area contributed by atoms with Crippen molar-refractivity contribution in [3.8, 4) is 0 Å². The Balaban J connectivity index is 2.56. The number of amides is 1. The van der Waals surface area contributed by atoms with Crippen LogP contribution in [0.3, 0.4) is 0 Å². The lowest BCUT2D eigenvalue weighted by Gasteiger charge is -2.22. The van der Waals surface area contributed by atoms with Gasteiger partial charge in [0.05, 0.1) is 5.56 Å². The minimum absolute atomic E-state index is 0.00296. The maximum atomic E-state index is 12.4. The van der Waals surface area contributed by atoms with Gasteiger partial charge < -0.3 is 5.32 Å². The van der Waals surface area contributed by atoms with Gasteiger partial charge in [-0.1, -0.05) is 36.4 Å². The highest BCUT2D eigenvalue weighted by molar-refractivity contribution is 6.08. The molecule has 0 bridgehead atoms. The quantitative estimate of drug-likeness (QED) is 0.810. The van der Waals surface area contributed by atoms with Crippen molar-refractivity contribution in [2.75, 3.05) is 0 Å². The van der Waals surface area contributed by atoms with E-state index in [1.807, 2.05) is 58.0 Å². The number of aryl methyl sites for hydroxylation is 1. The zero-order valence-corrected chi connectivity index (χ0v) is 11.4. The third kappa shape index (κ3) is 2.53. The molecule has 0 fully saturated rings. The van der Waals surface area contributed by atoms with Gasteiger partial charge in [0.1, 0.15) is 0 Å². The minimum atomic E-state index is -0.222. The predicted molar refractivity (Wildman–Crippen MR) is 75.9 cm³/mol. The number of fused-ring (bicyclic) bond motifs is 1. The third-order valence-corrected chi connectivity index (χ3v) is 2.85. The fourth-order valence-corrected chi connectivity index (χ4v) is 2.09. The molecule has 0 aliphatic carbocycles. The Morgan fingerprint density at radius 3 is 2.39 bits per heavy atom. The molecule has 94 valence electrons. The average molecular weight is 241 g/mol. The fourth-order valence-electron chi connectivity index (χ4n) is 2.09. The number of nitrogens with one attached hydrogen (secondary N) is 1. The molecule has 2 nitrogen and oxygen atoms in total. The molecule has 0 saturated carbocycles. The van der Waals surface area contributed by atoms with E-state index in [2.05, 4.69) is 11.4 Å². The average Bonchev–Trinajstić information content (AvgIpc) is 2.26. The third-order valence-electron chi connectivity index (χ3n) is 2.85. The molecule has 2 aromatic rings. The van der Waals surface area contributed by atoms with Crippen LogP contribution < -0.4 is 5.32 Å². The van der Waals surface area contributed by atoms with Crippen molar-refractivity contribution in [2.45, 2.75) is 33.2 Å². The van der Waals surface area contributed by atoms with Crippen molar-refractivity contribution < 1.29 is 4.79 Å². The van der Waals surface area contributed by atoms with Gasteiger partial charge in [-0.15, -0.1) is 0 Å². The summed E-state index contributed by atoms with van der Waals surface area (Å²) in [5, 5.41) is 5.14. The molecule has 0 aliphatic rings. The Morgan fingerprint density at radius 2 is 1.72 bits per heavy atom. The first kappa shape index (κ1) is 12.6. The Hall–Kier alpha value is -1.83. The highest BCUT2D eigenvalue weighted by atomic mass is 16.1. The minimum Gasteiger partial charge on any atom is -0.347 e. The van der Waals surface area contributed by atoms with Crippen LogP contribution in [0.1, 0.15) is 36.7 Å². The van der Waals surface area contributed by atoms with E-state index in [-0.39, 0.29) is 11.4 Å². The highest BCUT2D eigenvalue weighted by Crippen LogP contribution is 2.22. The molecule has 2 rings (SSSR count). The topological polar surface area (TPSA) is 29.1 Å². The molecule has 0 unspecified atom stereocenters. The zero-order valence-electron chi connectivity index (χ0n) is 11.4. The summed E-state index contributed by atoms with van der Waals surface area (Å²) in [5.41, 5.74) is 1.57. The smallest absolute Gasteiger partial charge is 0.252 e. The van der Waals surface area contributed by atoms with E-state index in [0.717, 1.165) is 21.9 Å². The summed E-state index contributed by atoms with van der Waals surface area (Å²) in [5.74, 6) is -0.00296. The van der Waals surface area contributed by atoms with Crippen LogP contribution in [0.15, 0.2) is 36.4 Å². The number of benzene rings is 2. The lowest BCUT2D eigenvalue weighted by molar-refractivity contribution is 0.0920. The SMILES string of the molecule is Cc1ccc2ccccc2c1C(=O)NC(C)(C)C. The van der Waals surface area contributed by atoms with Crippen molar-refractivity contribution >= 4 is 16.7 Å². The van der Waals surface area contributed by atoms with Gasteiger partial charge in [0.25, 0.3) is 5.91 Å². The van der Waals surface area contributed by atoms with Crippen molar-refractivity contribution in [3.05, 3.63) is 47.5 Å². The maximum Gasteiger partial charge on any atom is 0.252 e. The van der Waals surface area contributed by atoms with Crippen LogP contribution in [0.4, 0.5) is 0 Å². The van der Waals surface area contributed by atoms with Crippen LogP contribution in [0.2, 0.25) is 0 Å². The molecule has 0 aliphatic heterocycles. The van der Waals surface area contributed by atoms with Gasteiger partial charge in [-0.25, -0.2) is 0 Å². The number of carbonyl (C=O) groups is 1. The van der Waals surface area contributed by atoms with E-state index < -0.39 is 0 Å². The molecule has 2 aromatic carbocycles. The monoisotopic (exact) mass is 241 g/mol. The van der Waals surface area contributed by atoms with E-state index >= 15 is 0 Å². The molecule has 1 N–H and O–H groups in total. The Bertz CT molecular complexity index is 594. The van der Waals surface area contributed by atoms with Crippen LogP contribution >= 0.6 is 0 Å². The largest absolute Gasteiger partial charge is 0.347 e. The number of hydrogen-bond donors (Lipinski definition) is 1. The first-order valence-electron chi connectivity index (χ1n) is 6.19. The maximum absolute atomic E-state index is 12.4. The van der Waals surface area contributed by atoms with Crippen LogP contribution in [0.5, 0.6) is 0 Å². The number of rotatable bonds is 1. The normalized spacial score (nSPS) is 11.6. The van der Waals surface area contributed by atoms with Crippen molar-refractivity contribution in [2.24, 2.45) is 0 Å².